The van der Waals surface area contributed by atoms with Crippen LogP contribution in [0.15, 0.2) is 65.2 Å². The molecule has 2 heterocycles. The van der Waals surface area contributed by atoms with Crippen LogP contribution >= 0.6 is 0 Å². The summed E-state index contributed by atoms with van der Waals surface area (Å²) >= 11 is 0. The SMILES string of the molecule is CC(=O)N1N=C(c2ccc(C)cc2)C[C@@H]1CC(=C=C(C)C)c1cccnc1. The molecule has 1 aliphatic rings. The van der Waals surface area contributed by atoms with Crippen LogP contribution in [0.5, 0.6) is 0 Å². The van der Waals surface area contributed by atoms with E-state index in [0.717, 1.165) is 34.4 Å². The quantitative estimate of drug-likeness (QED) is 0.739. The second-order valence-electron chi connectivity index (χ2n) is 7.18. The van der Waals surface area contributed by atoms with Crippen LogP contribution in [-0.2, 0) is 4.79 Å². The van der Waals surface area contributed by atoms with Crippen molar-refractivity contribution in [2.45, 2.75) is 46.6 Å². The van der Waals surface area contributed by atoms with Crippen molar-refractivity contribution >= 4 is 17.2 Å². The number of hydrogen-bond acceptors (Lipinski definition) is 3. The van der Waals surface area contributed by atoms with Crippen molar-refractivity contribution in [1.82, 2.24) is 9.99 Å². The van der Waals surface area contributed by atoms with Crippen molar-refractivity contribution in [3.8, 4) is 0 Å². The summed E-state index contributed by atoms with van der Waals surface area (Å²) in [5.74, 6) is -0.0372. The van der Waals surface area contributed by atoms with Crippen molar-refractivity contribution in [1.29, 1.82) is 0 Å². The van der Waals surface area contributed by atoms with E-state index in [0.29, 0.717) is 6.42 Å². The molecule has 0 saturated heterocycles. The molecule has 0 saturated carbocycles. The minimum atomic E-state index is -0.0372. The summed E-state index contributed by atoms with van der Waals surface area (Å²) in [7, 11) is 0. The topological polar surface area (TPSA) is 45.6 Å². The lowest BCUT2D eigenvalue weighted by molar-refractivity contribution is -0.130. The number of rotatable bonds is 4. The number of carbonyl (C=O) groups excluding carboxylic acids is 1. The fraction of sp³-hybridized carbons (Fsp3) is 0.304. The summed E-state index contributed by atoms with van der Waals surface area (Å²) in [5.41, 5.74) is 9.88. The molecule has 0 N–H and O–H groups in total. The third kappa shape index (κ3) is 4.60. The van der Waals surface area contributed by atoms with E-state index in [1.807, 2.05) is 32.2 Å². The zero-order chi connectivity index (χ0) is 19.4. The average Bonchev–Trinajstić information content (AvgIpc) is 3.06. The summed E-state index contributed by atoms with van der Waals surface area (Å²) in [5, 5.41) is 6.25. The Hall–Kier alpha value is -2.97. The highest BCUT2D eigenvalue weighted by Gasteiger charge is 2.31. The standard InChI is InChI=1S/C23H25N3O/c1-16(2)12-21(20-6-5-11-24-15-20)13-22-14-23(25-26(22)18(4)27)19-9-7-17(3)8-10-19/h5-11,15,22H,13-14H2,1-4H3/t22-/m0/s1. The lowest BCUT2D eigenvalue weighted by Gasteiger charge is -2.21. The lowest BCUT2D eigenvalue weighted by atomic mass is 9.95. The average molecular weight is 359 g/mol. The molecule has 138 valence electrons. The first-order valence-corrected chi connectivity index (χ1v) is 9.21. The molecule has 0 aliphatic carbocycles. The smallest absolute Gasteiger partial charge is 0.239 e. The number of pyridine rings is 1. The Morgan fingerprint density at radius 3 is 2.52 bits per heavy atom. The van der Waals surface area contributed by atoms with Crippen molar-refractivity contribution in [2.24, 2.45) is 5.10 Å². The van der Waals surface area contributed by atoms with E-state index < -0.39 is 0 Å². The fourth-order valence-corrected chi connectivity index (χ4v) is 3.29. The summed E-state index contributed by atoms with van der Waals surface area (Å²) in [6.45, 7) is 7.70. The molecule has 3 rings (SSSR count). The van der Waals surface area contributed by atoms with Crippen LogP contribution in [0.1, 0.15) is 50.3 Å². The van der Waals surface area contributed by atoms with Gasteiger partial charge in [-0.1, -0.05) is 35.9 Å². The molecule has 2 aromatic rings. The molecule has 27 heavy (non-hydrogen) atoms. The van der Waals surface area contributed by atoms with Gasteiger partial charge >= 0.3 is 0 Å². The van der Waals surface area contributed by atoms with Gasteiger partial charge in [0.25, 0.3) is 0 Å². The van der Waals surface area contributed by atoms with Gasteiger partial charge in [0.05, 0.1) is 11.8 Å². The van der Waals surface area contributed by atoms with Gasteiger partial charge in [-0.15, -0.1) is 5.73 Å². The van der Waals surface area contributed by atoms with Crippen LogP contribution in [0.2, 0.25) is 0 Å². The number of aromatic nitrogens is 1. The molecule has 0 unspecified atom stereocenters. The van der Waals surface area contributed by atoms with Gasteiger partial charge in [-0.25, -0.2) is 5.01 Å². The first-order chi connectivity index (χ1) is 12.9. The maximum Gasteiger partial charge on any atom is 0.239 e. The van der Waals surface area contributed by atoms with E-state index in [2.05, 4.69) is 47.0 Å². The third-order valence-electron chi connectivity index (χ3n) is 4.56. The van der Waals surface area contributed by atoms with E-state index in [1.54, 1.807) is 18.1 Å². The maximum absolute atomic E-state index is 12.2. The van der Waals surface area contributed by atoms with Crippen molar-refractivity contribution in [3.63, 3.8) is 0 Å². The Balaban J connectivity index is 1.90. The van der Waals surface area contributed by atoms with Gasteiger partial charge in [0, 0.05) is 43.3 Å². The summed E-state index contributed by atoms with van der Waals surface area (Å²) in [4.78, 5) is 16.4. The van der Waals surface area contributed by atoms with E-state index in [1.165, 1.54) is 5.56 Å². The molecule has 1 atom stereocenters. The molecule has 4 nitrogen and oxygen atoms in total. The highest BCUT2D eigenvalue weighted by Crippen LogP contribution is 2.29. The van der Waals surface area contributed by atoms with Gasteiger partial charge in [-0.3, -0.25) is 9.78 Å². The Morgan fingerprint density at radius 1 is 1.19 bits per heavy atom. The van der Waals surface area contributed by atoms with Crippen LogP contribution in [0.25, 0.3) is 5.57 Å². The van der Waals surface area contributed by atoms with Crippen LogP contribution in [-0.4, -0.2) is 27.7 Å². The number of benzene rings is 1. The number of carbonyl (C=O) groups is 1. The molecular formula is C23H25N3O. The van der Waals surface area contributed by atoms with Crippen molar-refractivity contribution in [2.75, 3.05) is 0 Å². The van der Waals surface area contributed by atoms with Gasteiger partial charge in [-0.05, 0) is 38.0 Å². The minimum absolute atomic E-state index is 0.0131. The van der Waals surface area contributed by atoms with Crippen LogP contribution in [0.3, 0.4) is 0 Å². The first kappa shape index (κ1) is 18.8. The molecule has 4 heteroatoms. The van der Waals surface area contributed by atoms with Gasteiger partial charge in [-0.2, -0.15) is 5.10 Å². The van der Waals surface area contributed by atoms with Gasteiger partial charge < -0.3 is 0 Å². The third-order valence-corrected chi connectivity index (χ3v) is 4.56. The maximum atomic E-state index is 12.2. The number of hydrogen-bond donors (Lipinski definition) is 0. The van der Waals surface area contributed by atoms with E-state index in [-0.39, 0.29) is 11.9 Å². The zero-order valence-electron chi connectivity index (χ0n) is 16.4. The molecule has 0 spiro atoms. The zero-order valence-corrected chi connectivity index (χ0v) is 16.4. The second-order valence-corrected chi connectivity index (χ2v) is 7.18. The molecule has 1 aliphatic heterocycles. The normalized spacial score (nSPS) is 15.9. The van der Waals surface area contributed by atoms with Gasteiger partial charge in [0.2, 0.25) is 5.91 Å². The second kappa shape index (κ2) is 8.15. The minimum Gasteiger partial charge on any atom is -0.273 e. The van der Waals surface area contributed by atoms with Crippen molar-refractivity contribution in [3.05, 3.63) is 76.8 Å². The molecule has 0 fully saturated rings. The lowest BCUT2D eigenvalue weighted by Crippen LogP contribution is -2.31. The fourth-order valence-electron chi connectivity index (χ4n) is 3.29. The summed E-state index contributed by atoms with van der Waals surface area (Å²) in [6.07, 6.45) is 5.03. The Kier molecular flexibility index (Phi) is 5.68. The summed E-state index contributed by atoms with van der Waals surface area (Å²) in [6, 6.07) is 12.2. The number of hydrazone groups is 1. The number of nitrogens with zero attached hydrogens (tertiary/aromatic N) is 3. The van der Waals surface area contributed by atoms with E-state index in [9.17, 15) is 4.79 Å². The molecule has 1 aromatic heterocycles. The Bertz CT molecular complexity index is 916. The Labute approximate surface area is 160 Å². The summed E-state index contributed by atoms with van der Waals surface area (Å²) < 4.78 is 0. The molecule has 1 amide bonds. The number of aryl methyl sites for hydroxylation is 1. The molecular weight excluding hydrogens is 334 g/mol. The largest absolute Gasteiger partial charge is 0.273 e. The van der Waals surface area contributed by atoms with E-state index >= 15 is 0 Å². The predicted molar refractivity (Wildman–Crippen MR) is 109 cm³/mol. The van der Waals surface area contributed by atoms with Crippen molar-refractivity contribution < 1.29 is 4.79 Å². The number of amides is 1. The molecule has 0 bridgehead atoms. The first-order valence-electron chi connectivity index (χ1n) is 9.21. The Morgan fingerprint density at radius 2 is 1.93 bits per heavy atom. The van der Waals surface area contributed by atoms with Crippen LogP contribution in [0, 0.1) is 6.92 Å². The highest BCUT2D eigenvalue weighted by atomic mass is 16.2. The highest BCUT2D eigenvalue weighted by molar-refractivity contribution is 6.03. The molecule has 0 radical (unpaired) electrons. The molecule has 1 aromatic carbocycles. The van der Waals surface area contributed by atoms with Gasteiger partial charge in [0.1, 0.15) is 0 Å². The monoisotopic (exact) mass is 359 g/mol. The van der Waals surface area contributed by atoms with Gasteiger partial charge in [0.15, 0.2) is 0 Å². The van der Waals surface area contributed by atoms with E-state index in [4.69, 9.17) is 0 Å². The predicted octanol–water partition coefficient (Wildman–Crippen LogP) is 4.75. The van der Waals surface area contributed by atoms with Crippen LogP contribution in [0.4, 0.5) is 0 Å². The van der Waals surface area contributed by atoms with Crippen LogP contribution < -0.4 is 0 Å².